The smallest absolute Gasteiger partial charge is 0.411 e. The Balaban J connectivity index is 1.85. The lowest BCUT2D eigenvalue weighted by Crippen LogP contribution is -2.11. The summed E-state index contributed by atoms with van der Waals surface area (Å²) in [5.74, 6) is 0.708. The first-order valence-electron chi connectivity index (χ1n) is 5.53. The summed E-state index contributed by atoms with van der Waals surface area (Å²) in [5, 5.41) is 6.39. The van der Waals surface area contributed by atoms with Crippen LogP contribution < -0.4 is 10.1 Å². The Hall–Kier alpha value is -2.24. The Morgan fingerprint density at radius 2 is 2.22 bits per heavy atom. The van der Waals surface area contributed by atoms with Gasteiger partial charge in [-0.3, -0.25) is 5.32 Å². The fourth-order valence-corrected chi connectivity index (χ4v) is 1.41. The highest BCUT2D eigenvalue weighted by molar-refractivity contribution is 5.86. The van der Waals surface area contributed by atoms with E-state index in [1.165, 1.54) is 7.11 Å². The van der Waals surface area contributed by atoms with Crippen molar-refractivity contribution in [1.82, 2.24) is 0 Å². The monoisotopic (exact) mass is 250 g/mol. The molecule has 1 aromatic carbocycles. The topological polar surface area (TPSA) is 69.2 Å². The largest absolute Gasteiger partial charge is 0.488 e. The van der Waals surface area contributed by atoms with Gasteiger partial charge in [-0.05, 0) is 24.3 Å². The molecule has 0 saturated carbocycles. The first kappa shape index (κ1) is 12.2. The van der Waals surface area contributed by atoms with E-state index in [0.717, 1.165) is 12.1 Å². The zero-order valence-corrected chi connectivity index (χ0v) is 10.0. The summed E-state index contributed by atoms with van der Waals surface area (Å²) in [6.07, 6.45) is 0.309. The minimum Gasteiger partial charge on any atom is -0.488 e. The summed E-state index contributed by atoms with van der Waals surface area (Å²) in [6.45, 7) is 1.05. The molecule has 1 aliphatic heterocycles. The van der Waals surface area contributed by atoms with Crippen LogP contribution in [-0.4, -0.2) is 32.1 Å². The number of ether oxygens (including phenoxy) is 2. The molecule has 0 saturated heterocycles. The van der Waals surface area contributed by atoms with Gasteiger partial charge in [-0.15, -0.1) is 0 Å². The van der Waals surface area contributed by atoms with Crippen LogP contribution in [-0.2, 0) is 9.57 Å². The first-order chi connectivity index (χ1) is 8.78. The van der Waals surface area contributed by atoms with Gasteiger partial charge >= 0.3 is 6.09 Å². The van der Waals surface area contributed by atoms with Gasteiger partial charge in [-0.1, -0.05) is 5.16 Å². The van der Waals surface area contributed by atoms with Crippen LogP contribution in [0.4, 0.5) is 10.5 Å². The Bertz CT molecular complexity index is 442. The summed E-state index contributed by atoms with van der Waals surface area (Å²) >= 11 is 0. The number of hydrogen-bond donors (Lipinski definition) is 1. The molecule has 1 aromatic rings. The molecule has 1 N–H and O–H groups in total. The molecule has 6 nitrogen and oxygen atoms in total. The molecule has 18 heavy (non-hydrogen) atoms. The van der Waals surface area contributed by atoms with Crippen molar-refractivity contribution in [3.8, 4) is 5.75 Å². The molecule has 96 valence electrons. The molecule has 1 aliphatic rings. The lowest BCUT2D eigenvalue weighted by molar-refractivity contribution is 0.173. The van der Waals surface area contributed by atoms with Crippen molar-refractivity contribution < 1.29 is 19.1 Å². The highest BCUT2D eigenvalue weighted by Gasteiger charge is 2.08. The Morgan fingerprint density at radius 1 is 1.44 bits per heavy atom. The van der Waals surface area contributed by atoms with Crippen LogP contribution in [0, 0.1) is 0 Å². The Kier molecular flexibility index (Phi) is 4.01. The van der Waals surface area contributed by atoms with Crippen molar-refractivity contribution in [3.05, 3.63) is 24.3 Å². The Labute approximate surface area is 105 Å². The third-order valence-corrected chi connectivity index (χ3v) is 2.37. The number of nitrogens with zero attached hydrogens (tertiary/aromatic N) is 1. The van der Waals surface area contributed by atoms with E-state index in [4.69, 9.17) is 9.57 Å². The maximum atomic E-state index is 11.0. The van der Waals surface area contributed by atoms with Crippen LogP contribution in [0.1, 0.15) is 6.42 Å². The third-order valence-electron chi connectivity index (χ3n) is 2.37. The lowest BCUT2D eigenvalue weighted by atomic mass is 10.3. The number of carbonyl (C=O) groups is 1. The van der Waals surface area contributed by atoms with Crippen molar-refractivity contribution in [1.29, 1.82) is 0 Å². The normalized spacial score (nSPS) is 13.5. The van der Waals surface area contributed by atoms with Crippen LogP contribution in [0.15, 0.2) is 29.4 Å². The summed E-state index contributed by atoms with van der Waals surface area (Å²) in [4.78, 5) is 15.8. The summed E-state index contributed by atoms with van der Waals surface area (Å²) in [5.41, 5.74) is 1.54. The fraction of sp³-hybridized carbons (Fsp3) is 0.333. The molecule has 0 aliphatic carbocycles. The van der Waals surface area contributed by atoms with Crippen molar-refractivity contribution >= 4 is 17.5 Å². The van der Waals surface area contributed by atoms with Gasteiger partial charge in [0.25, 0.3) is 0 Å². The van der Waals surface area contributed by atoms with Crippen LogP contribution in [0.2, 0.25) is 0 Å². The second kappa shape index (κ2) is 5.90. The van der Waals surface area contributed by atoms with Gasteiger partial charge in [0.2, 0.25) is 0 Å². The van der Waals surface area contributed by atoms with Crippen LogP contribution >= 0.6 is 0 Å². The summed E-state index contributed by atoms with van der Waals surface area (Å²) in [7, 11) is 1.32. The number of hydrogen-bond acceptors (Lipinski definition) is 5. The molecule has 0 unspecified atom stereocenters. The lowest BCUT2D eigenvalue weighted by Gasteiger charge is -2.07. The molecule has 0 bridgehead atoms. The van der Waals surface area contributed by atoms with E-state index in [0.29, 0.717) is 24.7 Å². The standard InChI is InChI=1S/C12H14N2O4/c1-16-12(15)13-9-2-4-11(5-3-9)17-8-10-6-7-18-14-10/h2-5H,6-8H2,1H3,(H,13,15). The second-order valence-corrected chi connectivity index (χ2v) is 3.67. The quantitative estimate of drug-likeness (QED) is 0.887. The van der Waals surface area contributed by atoms with Crippen LogP contribution in [0.3, 0.4) is 0 Å². The van der Waals surface area contributed by atoms with E-state index in [-0.39, 0.29) is 0 Å². The van der Waals surface area contributed by atoms with E-state index in [9.17, 15) is 4.79 Å². The molecule has 1 amide bonds. The third kappa shape index (κ3) is 3.38. The molecule has 1 heterocycles. The van der Waals surface area contributed by atoms with Crippen molar-refractivity contribution in [3.63, 3.8) is 0 Å². The molecular formula is C12H14N2O4. The first-order valence-corrected chi connectivity index (χ1v) is 5.53. The number of benzene rings is 1. The number of oxime groups is 1. The van der Waals surface area contributed by atoms with Crippen molar-refractivity contribution in [2.75, 3.05) is 25.6 Å². The van der Waals surface area contributed by atoms with Crippen LogP contribution in [0.5, 0.6) is 5.75 Å². The summed E-state index contributed by atoms with van der Waals surface area (Å²) in [6, 6.07) is 7.00. The number of anilines is 1. The van der Waals surface area contributed by atoms with Gasteiger partial charge in [0.05, 0.1) is 12.8 Å². The van der Waals surface area contributed by atoms with Crippen molar-refractivity contribution in [2.45, 2.75) is 6.42 Å². The fourth-order valence-electron chi connectivity index (χ4n) is 1.41. The molecule has 0 radical (unpaired) electrons. The second-order valence-electron chi connectivity index (χ2n) is 3.67. The molecule has 2 rings (SSSR count). The van der Waals surface area contributed by atoms with Gasteiger partial charge in [0, 0.05) is 12.1 Å². The highest BCUT2D eigenvalue weighted by atomic mass is 16.6. The van der Waals surface area contributed by atoms with Gasteiger partial charge in [0.1, 0.15) is 19.0 Å². The van der Waals surface area contributed by atoms with Crippen molar-refractivity contribution in [2.24, 2.45) is 5.16 Å². The predicted octanol–water partition coefficient (Wildman–Crippen LogP) is 2.02. The highest BCUT2D eigenvalue weighted by Crippen LogP contribution is 2.16. The molecule has 0 atom stereocenters. The van der Waals surface area contributed by atoms with Gasteiger partial charge in [0.15, 0.2) is 0 Å². The maximum absolute atomic E-state index is 11.0. The predicted molar refractivity (Wildman–Crippen MR) is 66.0 cm³/mol. The average molecular weight is 250 g/mol. The minimum absolute atomic E-state index is 0.420. The zero-order valence-electron chi connectivity index (χ0n) is 10.0. The number of nitrogens with one attached hydrogen (secondary N) is 1. The number of amides is 1. The zero-order chi connectivity index (χ0) is 12.8. The molecule has 6 heteroatoms. The molecule has 0 spiro atoms. The Morgan fingerprint density at radius 3 is 2.83 bits per heavy atom. The number of carbonyl (C=O) groups excluding carboxylic acids is 1. The van der Waals surface area contributed by atoms with E-state index < -0.39 is 6.09 Å². The van der Waals surface area contributed by atoms with E-state index in [1.807, 2.05) is 0 Å². The SMILES string of the molecule is COC(=O)Nc1ccc(OCC2=NOCC2)cc1. The minimum atomic E-state index is -0.499. The molecule has 0 aromatic heterocycles. The van der Waals surface area contributed by atoms with Gasteiger partial charge in [-0.25, -0.2) is 4.79 Å². The maximum Gasteiger partial charge on any atom is 0.411 e. The van der Waals surface area contributed by atoms with Gasteiger partial charge in [-0.2, -0.15) is 0 Å². The summed E-state index contributed by atoms with van der Waals surface area (Å²) < 4.78 is 10.0. The van der Waals surface area contributed by atoms with E-state index in [2.05, 4.69) is 15.2 Å². The molecule has 0 fully saturated rings. The molecular weight excluding hydrogens is 236 g/mol. The average Bonchev–Trinajstić information content (AvgIpc) is 2.91. The van der Waals surface area contributed by atoms with Gasteiger partial charge < -0.3 is 14.3 Å². The number of methoxy groups -OCH3 is 1. The van der Waals surface area contributed by atoms with Crippen LogP contribution in [0.25, 0.3) is 0 Å². The van der Waals surface area contributed by atoms with E-state index in [1.54, 1.807) is 24.3 Å². The number of rotatable bonds is 4. The van der Waals surface area contributed by atoms with E-state index >= 15 is 0 Å².